The number of aromatic nitrogens is 3. The minimum absolute atomic E-state index is 0.437. The van der Waals surface area contributed by atoms with Gasteiger partial charge in [-0.1, -0.05) is 36.2 Å². The smallest absolute Gasteiger partial charge is 0.143 e. The van der Waals surface area contributed by atoms with Crippen LogP contribution in [-0.4, -0.2) is 14.8 Å². The van der Waals surface area contributed by atoms with Crippen molar-refractivity contribution >= 4 is 15.9 Å². The Morgan fingerprint density at radius 3 is 2.27 bits per heavy atom. The summed E-state index contributed by atoms with van der Waals surface area (Å²) in [7, 11) is 0. The number of nitrogens with zero attached hydrogens (tertiary/aromatic N) is 3. The lowest BCUT2D eigenvalue weighted by atomic mass is 10.0. The van der Waals surface area contributed by atoms with Gasteiger partial charge in [0, 0.05) is 12.5 Å². The predicted molar refractivity (Wildman–Crippen MR) is 66.2 cm³/mol. The molecule has 3 nitrogen and oxygen atoms in total. The van der Waals surface area contributed by atoms with Gasteiger partial charge < -0.3 is 4.57 Å². The molecule has 0 saturated heterocycles. The van der Waals surface area contributed by atoms with E-state index in [-0.39, 0.29) is 0 Å². The van der Waals surface area contributed by atoms with Crippen molar-refractivity contribution in [1.29, 1.82) is 0 Å². The first-order chi connectivity index (χ1) is 7.10. The van der Waals surface area contributed by atoms with Gasteiger partial charge in [0.1, 0.15) is 11.6 Å². The molecule has 0 radical (unpaired) electrons. The molecule has 1 atom stereocenters. The molecule has 86 valence electrons. The van der Waals surface area contributed by atoms with E-state index in [0.717, 1.165) is 23.4 Å². The molecular formula is C11H20BrN3. The number of alkyl halides is 1. The highest BCUT2D eigenvalue weighted by Crippen LogP contribution is 2.17. The number of halogens is 1. The van der Waals surface area contributed by atoms with Crippen molar-refractivity contribution in [3.63, 3.8) is 0 Å². The van der Waals surface area contributed by atoms with Gasteiger partial charge in [-0.2, -0.15) is 0 Å². The van der Waals surface area contributed by atoms with Gasteiger partial charge in [0.25, 0.3) is 0 Å². The van der Waals surface area contributed by atoms with Crippen molar-refractivity contribution in [2.75, 3.05) is 0 Å². The summed E-state index contributed by atoms with van der Waals surface area (Å²) in [4.78, 5) is 0. The fourth-order valence-electron chi connectivity index (χ4n) is 1.64. The van der Waals surface area contributed by atoms with Gasteiger partial charge in [-0.3, -0.25) is 0 Å². The van der Waals surface area contributed by atoms with E-state index >= 15 is 0 Å². The van der Waals surface area contributed by atoms with Gasteiger partial charge in [0.15, 0.2) is 0 Å². The first-order valence-corrected chi connectivity index (χ1v) is 6.70. The summed E-state index contributed by atoms with van der Waals surface area (Å²) in [5.41, 5.74) is 0. The van der Waals surface area contributed by atoms with E-state index in [1.54, 1.807) is 0 Å². The van der Waals surface area contributed by atoms with Crippen LogP contribution in [0.25, 0.3) is 0 Å². The number of rotatable bonds is 5. The van der Waals surface area contributed by atoms with Crippen LogP contribution in [0.3, 0.4) is 0 Å². The standard InChI is InChI=1S/C11H20BrN3/c1-5-9(4)6-10-13-14-11(7-12)15(10)8(2)3/h8-9H,5-7H2,1-4H3. The second-order valence-corrected chi connectivity index (χ2v) is 4.91. The molecule has 1 heterocycles. The lowest BCUT2D eigenvalue weighted by Crippen LogP contribution is -2.12. The molecular weight excluding hydrogens is 254 g/mol. The summed E-state index contributed by atoms with van der Waals surface area (Å²) in [5.74, 6) is 2.83. The van der Waals surface area contributed by atoms with E-state index in [1.165, 1.54) is 6.42 Å². The Bertz CT molecular complexity index is 307. The second kappa shape index (κ2) is 5.64. The molecule has 0 saturated carbocycles. The molecule has 0 spiro atoms. The molecule has 0 bridgehead atoms. The zero-order valence-corrected chi connectivity index (χ0v) is 11.6. The Labute approximate surface area is 100 Å². The number of hydrogen-bond donors (Lipinski definition) is 0. The summed E-state index contributed by atoms with van der Waals surface area (Å²) in [6.45, 7) is 8.82. The molecule has 15 heavy (non-hydrogen) atoms. The summed E-state index contributed by atoms with van der Waals surface area (Å²) < 4.78 is 2.24. The molecule has 0 aliphatic rings. The SMILES string of the molecule is CCC(C)Cc1nnc(CBr)n1C(C)C. The summed E-state index contributed by atoms with van der Waals surface area (Å²) >= 11 is 3.45. The molecule has 0 aliphatic heterocycles. The van der Waals surface area contributed by atoms with E-state index in [9.17, 15) is 0 Å². The maximum Gasteiger partial charge on any atom is 0.143 e. The van der Waals surface area contributed by atoms with Crippen LogP contribution >= 0.6 is 15.9 Å². The van der Waals surface area contributed by atoms with Crippen LogP contribution in [-0.2, 0) is 11.8 Å². The highest BCUT2D eigenvalue weighted by molar-refractivity contribution is 9.08. The van der Waals surface area contributed by atoms with Crippen LogP contribution in [0.1, 0.15) is 51.8 Å². The molecule has 1 rings (SSSR count). The van der Waals surface area contributed by atoms with Crippen LogP contribution < -0.4 is 0 Å². The van der Waals surface area contributed by atoms with Crippen LogP contribution in [0, 0.1) is 5.92 Å². The van der Waals surface area contributed by atoms with Crippen molar-refractivity contribution < 1.29 is 0 Å². The fraction of sp³-hybridized carbons (Fsp3) is 0.818. The lowest BCUT2D eigenvalue weighted by molar-refractivity contribution is 0.492. The van der Waals surface area contributed by atoms with Crippen molar-refractivity contribution in [2.24, 2.45) is 5.92 Å². The van der Waals surface area contributed by atoms with Gasteiger partial charge in [-0.25, -0.2) is 0 Å². The molecule has 4 heteroatoms. The van der Waals surface area contributed by atoms with E-state index in [2.05, 4.69) is 58.4 Å². The van der Waals surface area contributed by atoms with E-state index < -0.39 is 0 Å². The normalized spacial score (nSPS) is 13.5. The Balaban J connectivity index is 2.92. The molecule has 0 aliphatic carbocycles. The van der Waals surface area contributed by atoms with Crippen LogP contribution in [0.15, 0.2) is 0 Å². The van der Waals surface area contributed by atoms with Crippen molar-refractivity contribution in [3.8, 4) is 0 Å². The minimum atomic E-state index is 0.437. The van der Waals surface area contributed by atoms with Crippen molar-refractivity contribution in [3.05, 3.63) is 11.6 Å². The van der Waals surface area contributed by atoms with E-state index in [1.807, 2.05) is 0 Å². The van der Waals surface area contributed by atoms with Crippen LogP contribution in [0.4, 0.5) is 0 Å². The van der Waals surface area contributed by atoms with Gasteiger partial charge in [0.05, 0.1) is 5.33 Å². The lowest BCUT2D eigenvalue weighted by Gasteiger charge is -2.14. The molecule has 0 N–H and O–H groups in total. The predicted octanol–water partition coefficient (Wildman–Crippen LogP) is 3.34. The fourth-order valence-corrected chi connectivity index (χ4v) is 2.03. The zero-order chi connectivity index (χ0) is 11.4. The summed E-state index contributed by atoms with van der Waals surface area (Å²) in [5, 5.41) is 9.26. The summed E-state index contributed by atoms with van der Waals surface area (Å²) in [6, 6.07) is 0.437. The van der Waals surface area contributed by atoms with Crippen molar-refractivity contribution in [2.45, 2.75) is 51.9 Å². The second-order valence-electron chi connectivity index (χ2n) is 4.35. The van der Waals surface area contributed by atoms with Gasteiger partial charge in [-0.15, -0.1) is 10.2 Å². The topological polar surface area (TPSA) is 30.7 Å². The van der Waals surface area contributed by atoms with Gasteiger partial charge in [0.2, 0.25) is 0 Å². The largest absolute Gasteiger partial charge is 0.312 e. The van der Waals surface area contributed by atoms with E-state index in [4.69, 9.17) is 0 Å². The van der Waals surface area contributed by atoms with Crippen molar-refractivity contribution in [1.82, 2.24) is 14.8 Å². The third kappa shape index (κ3) is 3.03. The third-order valence-corrected chi connectivity index (χ3v) is 3.20. The first kappa shape index (κ1) is 12.7. The quantitative estimate of drug-likeness (QED) is 0.771. The molecule has 0 amide bonds. The Morgan fingerprint density at radius 2 is 1.80 bits per heavy atom. The average molecular weight is 274 g/mol. The molecule has 1 unspecified atom stereocenters. The number of hydrogen-bond acceptors (Lipinski definition) is 2. The third-order valence-electron chi connectivity index (χ3n) is 2.70. The molecule has 1 aromatic rings. The molecule has 1 aromatic heterocycles. The highest BCUT2D eigenvalue weighted by atomic mass is 79.9. The Hall–Kier alpha value is -0.380. The first-order valence-electron chi connectivity index (χ1n) is 5.58. The van der Waals surface area contributed by atoms with E-state index in [0.29, 0.717) is 12.0 Å². The molecule has 0 aromatic carbocycles. The average Bonchev–Trinajstić information content (AvgIpc) is 2.60. The maximum absolute atomic E-state index is 4.28. The Morgan fingerprint density at radius 1 is 1.20 bits per heavy atom. The zero-order valence-electron chi connectivity index (χ0n) is 10.00. The monoisotopic (exact) mass is 273 g/mol. The van der Waals surface area contributed by atoms with Gasteiger partial charge in [-0.05, 0) is 19.8 Å². The maximum atomic E-state index is 4.28. The highest BCUT2D eigenvalue weighted by Gasteiger charge is 2.15. The van der Waals surface area contributed by atoms with Crippen LogP contribution in [0.5, 0.6) is 0 Å². The van der Waals surface area contributed by atoms with Gasteiger partial charge >= 0.3 is 0 Å². The molecule has 0 fully saturated rings. The van der Waals surface area contributed by atoms with Crippen LogP contribution in [0.2, 0.25) is 0 Å². The minimum Gasteiger partial charge on any atom is -0.312 e. The summed E-state index contributed by atoms with van der Waals surface area (Å²) in [6.07, 6.45) is 2.21. The Kier molecular flexibility index (Phi) is 4.77.